The number of aliphatic hydroxyl groups is 1. The monoisotopic (exact) mass is 304 g/mol. The Balaban J connectivity index is 0.00000180. The van der Waals surface area contributed by atoms with E-state index in [4.69, 9.17) is 11.6 Å². The molecule has 0 aromatic heterocycles. The third-order valence-corrected chi connectivity index (χ3v) is 3.61. The van der Waals surface area contributed by atoms with Crippen molar-refractivity contribution in [2.24, 2.45) is 0 Å². The second-order valence-corrected chi connectivity index (χ2v) is 5.01. The standard InChI is InChI=1S/C13H17ClN2O2.ClH/c1-8-6-9(2-3-10(8)14)13(18)16-11-4-5-15-7-12(11)17;/h2-3,6,11-12,15,17H,4-5,7H2,1H3,(H,16,18);1H/t11-,12-;/m1./s1. The maximum atomic E-state index is 12.0. The minimum absolute atomic E-state index is 0. The molecule has 1 heterocycles. The van der Waals surface area contributed by atoms with Crippen LogP contribution in [0.25, 0.3) is 0 Å². The zero-order chi connectivity index (χ0) is 13.1. The van der Waals surface area contributed by atoms with Gasteiger partial charge in [-0.25, -0.2) is 0 Å². The number of aryl methyl sites for hydroxylation is 1. The number of β-amino-alcohol motifs (C(OH)–C–C–N with tert-alkyl or cyclic N) is 1. The lowest BCUT2D eigenvalue weighted by Gasteiger charge is -2.29. The SMILES string of the molecule is Cc1cc(C(=O)N[C@@H]2CCNC[C@H]2O)ccc1Cl.Cl. The Labute approximate surface area is 123 Å². The van der Waals surface area contributed by atoms with Crippen LogP contribution >= 0.6 is 24.0 Å². The van der Waals surface area contributed by atoms with Gasteiger partial charge in [0.2, 0.25) is 0 Å². The van der Waals surface area contributed by atoms with Gasteiger partial charge in [0.1, 0.15) is 0 Å². The number of aliphatic hydroxyl groups excluding tert-OH is 1. The Morgan fingerprint density at radius 1 is 1.53 bits per heavy atom. The van der Waals surface area contributed by atoms with E-state index in [1.54, 1.807) is 18.2 Å². The second kappa shape index (κ2) is 7.10. The maximum absolute atomic E-state index is 12.0. The first-order valence-electron chi connectivity index (χ1n) is 6.03. The summed E-state index contributed by atoms with van der Waals surface area (Å²) in [6, 6.07) is 4.98. The quantitative estimate of drug-likeness (QED) is 0.776. The molecule has 0 radical (unpaired) electrons. The highest BCUT2D eigenvalue weighted by atomic mass is 35.5. The summed E-state index contributed by atoms with van der Waals surface area (Å²) in [5.41, 5.74) is 1.44. The fourth-order valence-corrected chi connectivity index (χ4v) is 2.17. The number of piperidine rings is 1. The van der Waals surface area contributed by atoms with E-state index < -0.39 is 6.10 Å². The van der Waals surface area contributed by atoms with Crippen molar-refractivity contribution in [3.63, 3.8) is 0 Å². The predicted octanol–water partition coefficient (Wildman–Crippen LogP) is 1.52. The van der Waals surface area contributed by atoms with Gasteiger partial charge in [-0.1, -0.05) is 11.6 Å². The molecule has 1 saturated heterocycles. The molecule has 3 N–H and O–H groups in total. The van der Waals surface area contributed by atoms with Gasteiger partial charge in [0.15, 0.2) is 0 Å². The molecule has 1 aromatic rings. The molecule has 6 heteroatoms. The number of rotatable bonds is 2. The molecule has 1 aromatic carbocycles. The molecule has 4 nitrogen and oxygen atoms in total. The highest BCUT2D eigenvalue weighted by molar-refractivity contribution is 6.31. The average molecular weight is 305 g/mol. The molecule has 0 saturated carbocycles. The zero-order valence-electron chi connectivity index (χ0n) is 10.6. The number of benzene rings is 1. The molecule has 2 atom stereocenters. The number of hydrogen-bond acceptors (Lipinski definition) is 3. The minimum Gasteiger partial charge on any atom is -0.390 e. The second-order valence-electron chi connectivity index (χ2n) is 4.60. The van der Waals surface area contributed by atoms with Crippen LogP contribution in [0, 0.1) is 6.92 Å². The average Bonchev–Trinajstić information content (AvgIpc) is 2.35. The van der Waals surface area contributed by atoms with E-state index in [-0.39, 0.29) is 24.4 Å². The normalized spacial score (nSPS) is 22.5. The van der Waals surface area contributed by atoms with Gasteiger partial charge in [-0.15, -0.1) is 12.4 Å². The highest BCUT2D eigenvalue weighted by Gasteiger charge is 2.24. The smallest absolute Gasteiger partial charge is 0.251 e. The minimum atomic E-state index is -0.531. The first kappa shape index (κ1) is 16.2. The Bertz CT molecular complexity index is 454. The van der Waals surface area contributed by atoms with E-state index >= 15 is 0 Å². The first-order chi connectivity index (χ1) is 8.58. The van der Waals surface area contributed by atoms with Crippen molar-refractivity contribution in [2.45, 2.75) is 25.5 Å². The lowest BCUT2D eigenvalue weighted by atomic mass is 10.0. The number of nitrogens with one attached hydrogen (secondary N) is 2. The Morgan fingerprint density at radius 2 is 2.26 bits per heavy atom. The van der Waals surface area contributed by atoms with E-state index in [9.17, 15) is 9.90 Å². The van der Waals surface area contributed by atoms with Crippen LogP contribution in [0.15, 0.2) is 18.2 Å². The maximum Gasteiger partial charge on any atom is 0.251 e. The molecule has 1 aliphatic rings. The number of amides is 1. The summed E-state index contributed by atoms with van der Waals surface area (Å²) in [6.07, 6.45) is 0.204. The third kappa shape index (κ3) is 4.08. The Morgan fingerprint density at radius 3 is 2.89 bits per heavy atom. The van der Waals surface area contributed by atoms with Gasteiger partial charge < -0.3 is 15.7 Å². The van der Waals surface area contributed by atoms with Crippen LogP contribution in [-0.2, 0) is 0 Å². The fraction of sp³-hybridized carbons (Fsp3) is 0.462. The number of carbonyl (C=O) groups is 1. The van der Waals surface area contributed by atoms with E-state index in [2.05, 4.69) is 10.6 Å². The van der Waals surface area contributed by atoms with E-state index in [0.717, 1.165) is 18.5 Å². The molecule has 0 bridgehead atoms. The summed E-state index contributed by atoms with van der Waals surface area (Å²) in [4.78, 5) is 12.0. The molecular weight excluding hydrogens is 287 g/mol. The largest absolute Gasteiger partial charge is 0.390 e. The Kier molecular flexibility index (Phi) is 6.07. The van der Waals surface area contributed by atoms with Crippen LogP contribution in [0.1, 0.15) is 22.3 Å². The number of halogens is 2. The third-order valence-electron chi connectivity index (χ3n) is 3.19. The van der Waals surface area contributed by atoms with Crippen molar-refractivity contribution in [1.29, 1.82) is 0 Å². The van der Waals surface area contributed by atoms with Crippen molar-refractivity contribution in [2.75, 3.05) is 13.1 Å². The lowest BCUT2D eigenvalue weighted by Crippen LogP contribution is -2.52. The predicted molar refractivity (Wildman–Crippen MR) is 78.2 cm³/mol. The van der Waals surface area contributed by atoms with E-state index in [0.29, 0.717) is 17.1 Å². The molecule has 106 valence electrons. The van der Waals surface area contributed by atoms with Gasteiger partial charge in [-0.05, 0) is 43.7 Å². The van der Waals surface area contributed by atoms with Crippen LogP contribution in [0.5, 0.6) is 0 Å². The van der Waals surface area contributed by atoms with Gasteiger partial charge in [0.25, 0.3) is 5.91 Å². The summed E-state index contributed by atoms with van der Waals surface area (Å²) < 4.78 is 0. The van der Waals surface area contributed by atoms with Crippen LogP contribution in [0.2, 0.25) is 5.02 Å². The van der Waals surface area contributed by atoms with Crippen LogP contribution in [0.3, 0.4) is 0 Å². The van der Waals surface area contributed by atoms with Gasteiger partial charge in [-0.2, -0.15) is 0 Å². The Hall–Kier alpha value is -0.810. The van der Waals surface area contributed by atoms with Crippen LogP contribution < -0.4 is 10.6 Å². The van der Waals surface area contributed by atoms with Crippen LogP contribution in [0.4, 0.5) is 0 Å². The summed E-state index contributed by atoms with van der Waals surface area (Å²) in [5.74, 6) is -0.166. The highest BCUT2D eigenvalue weighted by Crippen LogP contribution is 2.16. The first-order valence-corrected chi connectivity index (χ1v) is 6.41. The fourth-order valence-electron chi connectivity index (χ4n) is 2.05. The van der Waals surface area contributed by atoms with Crippen LogP contribution in [-0.4, -0.2) is 36.2 Å². The molecule has 1 aliphatic heterocycles. The number of carbonyl (C=O) groups excluding carboxylic acids is 1. The van der Waals surface area contributed by atoms with Crippen molar-refractivity contribution < 1.29 is 9.90 Å². The zero-order valence-corrected chi connectivity index (χ0v) is 12.2. The number of hydrogen-bond donors (Lipinski definition) is 3. The van der Waals surface area contributed by atoms with Gasteiger partial charge in [0.05, 0.1) is 12.1 Å². The molecule has 1 amide bonds. The molecular formula is C13H18Cl2N2O2. The molecule has 2 rings (SSSR count). The lowest BCUT2D eigenvalue weighted by molar-refractivity contribution is 0.0765. The van der Waals surface area contributed by atoms with Crippen molar-refractivity contribution in [3.05, 3.63) is 34.3 Å². The van der Waals surface area contributed by atoms with Gasteiger partial charge in [-0.3, -0.25) is 4.79 Å². The van der Waals surface area contributed by atoms with E-state index in [1.807, 2.05) is 6.92 Å². The molecule has 19 heavy (non-hydrogen) atoms. The molecule has 0 unspecified atom stereocenters. The molecule has 1 fully saturated rings. The summed E-state index contributed by atoms with van der Waals surface area (Å²) in [5, 5.41) is 16.3. The van der Waals surface area contributed by atoms with Crippen molar-refractivity contribution in [1.82, 2.24) is 10.6 Å². The topological polar surface area (TPSA) is 61.4 Å². The van der Waals surface area contributed by atoms with Gasteiger partial charge >= 0.3 is 0 Å². The summed E-state index contributed by atoms with van der Waals surface area (Å²) >= 11 is 5.92. The summed E-state index contributed by atoms with van der Waals surface area (Å²) in [7, 11) is 0. The van der Waals surface area contributed by atoms with Crippen molar-refractivity contribution in [3.8, 4) is 0 Å². The molecule has 0 spiro atoms. The van der Waals surface area contributed by atoms with Gasteiger partial charge in [0, 0.05) is 17.1 Å². The molecule has 0 aliphatic carbocycles. The summed E-state index contributed by atoms with van der Waals surface area (Å²) in [6.45, 7) is 3.19. The van der Waals surface area contributed by atoms with E-state index in [1.165, 1.54) is 0 Å². The van der Waals surface area contributed by atoms with Crippen molar-refractivity contribution >= 4 is 29.9 Å².